The van der Waals surface area contributed by atoms with E-state index in [4.69, 9.17) is 4.74 Å². The van der Waals surface area contributed by atoms with Crippen LogP contribution in [-0.2, 0) is 14.8 Å². The molecular weight excluding hydrogens is 474 g/mol. The molecule has 0 fully saturated rings. The van der Waals surface area contributed by atoms with E-state index in [1.165, 1.54) is 0 Å². The standard InChI is InChI=1S/C29H27NO5S/c1-2-20-29(28(31)32,35-27-19-11-17-22-16-9-10-18-25(22)27)30-36(33,34)21-26(23-12-5-3-6-13-23)24-14-7-4-8-15-24/h3-19,21,30H,2,20H2,1H3,(H,31,32). The van der Waals surface area contributed by atoms with E-state index in [0.717, 1.165) is 10.8 Å². The number of carbonyl (C=O) groups is 1. The van der Waals surface area contributed by atoms with Gasteiger partial charge in [-0.2, -0.15) is 4.72 Å². The third kappa shape index (κ3) is 5.64. The van der Waals surface area contributed by atoms with Gasteiger partial charge in [0.1, 0.15) is 5.75 Å². The van der Waals surface area contributed by atoms with Gasteiger partial charge in [-0.05, 0) is 22.6 Å². The van der Waals surface area contributed by atoms with E-state index < -0.39 is 21.7 Å². The molecule has 1 atom stereocenters. The number of rotatable bonds is 10. The first-order valence-electron chi connectivity index (χ1n) is 11.6. The minimum atomic E-state index is -4.29. The molecule has 1 unspecified atom stereocenters. The van der Waals surface area contributed by atoms with Gasteiger partial charge in [0.2, 0.25) is 10.0 Å². The minimum absolute atomic E-state index is 0.0787. The van der Waals surface area contributed by atoms with E-state index in [-0.39, 0.29) is 12.2 Å². The van der Waals surface area contributed by atoms with Gasteiger partial charge >= 0.3 is 5.97 Å². The fourth-order valence-corrected chi connectivity index (χ4v) is 5.43. The van der Waals surface area contributed by atoms with E-state index in [9.17, 15) is 18.3 Å². The van der Waals surface area contributed by atoms with Crippen LogP contribution in [-0.4, -0.2) is 25.2 Å². The number of ether oxygens (including phenoxy) is 1. The van der Waals surface area contributed by atoms with E-state index in [0.29, 0.717) is 28.5 Å². The molecule has 0 aliphatic heterocycles. The summed E-state index contributed by atoms with van der Waals surface area (Å²) in [5, 5.41) is 12.9. The predicted octanol–water partition coefficient (Wildman–Crippen LogP) is 5.81. The van der Waals surface area contributed by atoms with Crippen LogP contribution in [0, 0.1) is 0 Å². The number of sulfonamides is 1. The zero-order valence-electron chi connectivity index (χ0n) is 19.8. The molecule has 0 heterocycles. The maximum atomic E-state index is 13.5. The molecule has 6 nitrogen and oxygen atoms in total. The van der Waals surface area contributed by atoms with Gasteiger partial charge in [-0.1, -0.05) is 110 Å². The molecule has 0 aliphatic rings. The third-order valence-corrected chi connectivity index (χ3v) is 6.89. The van der Waals surface area contributed by atoms with E-state index in [1.54, 1.807) is 49.4 Å². The summed E-state index contributed by atoms with van der Waals surface area (Å²) in [5.74, 6) is -1.14. The topological polar surface area (TPSA) is 92.7 Å². The second-order valence-corrected chi connectivity index (χ2v) is 9.90. The third-order valence-electron chi connectivity index (χ3n) is 5.73. The van der Waals surface area contributed by atoms with Crippen LogP contribution >= 0.6 is 0 Å². The van der Waals surface area contributed by atoms with Gasteiger partial charge in [0.05, 0.1) is 5.41 Å². The number of benzene rings is 4. The van der Waals surface area contributed by atoms with Crippen molar-refractivity contribution >= 4 is 32.3 Å². The molecule has 36 heavy (non-hydrogen) atoms. The lowest BCUT2D eigenvalue weighted by molar-refractivity contribution is -0.157. The van der Waals surface area contributed by atoms with Crippen molar-refractivity contribution in [2.24, 2.45) is 0 Å². The Morgan fingerprint density at radius 2 is 1.42 bits per heavy atom. The van der Waals surface area contributed by atoms with Crippen molar-refractivity contribution in [2.45, 2.75) is 25.5 Å². The minimum Gasteiger partial charge on any atom is -0.477 e. The Morgan fingerprint density at radius 3 is 2.00 bits per heavy atom. The average molecular weight is 502 g/mol. The summed E-state index contributed by atoms with van der Waals surface area (Å²) in [7, 11) is -4.29. The van der Waals surface area contributed by atoms with Crippen LogP contribution in [0.4, 0.5) is 0 Å². The highest BCUT2D eigenvalue weighted by atomic mass is 32.2. The van der Waals surface area contributed by atoms with Gasteiger partial charge in [-0.15, -0.1) is 0 Å². The Balaban J connectivity index is 1.79. The Kier molecular flexibility index (Phi) is 7.52. The second kappa shape index (κ2) is 10.8. The summed E-state index contributed by atoms with van der Waals surface area (Å²) < 4.78 is 35.4. The van der Waals surface area contributed by atoms with Crippen molar-refractivity contribution in [1.82, 2.24) is 4.72 Å². The Morgan fingerprint density at radius 1 is 0.861 bits per heavy atom. The summed E-state index contributed by atoms with van der Waals surface area (Å²) in [6.45, 7) is 1.77. The zero-order valence-corrected chi connectivity index (χ0v) is 20.6. The van der Waals surface area contributed by atoms with Crippen LogP contribution in [0.15, 0.2) is 109 Å². The first kappa shape index (κ1) is 25.2. The Bertz CT molecular complexity index is 1440. The molecule has 0 spiro atoms. The van der Waals surface area contributed by atoms with Gasteiger partial charge in [0.25, 0.3) is 5.72 Å². The van der Waals surface area contributed by atoms with Crippen LogP contribution < -0.4 is 9.46 Å². The second-order valence-electron chi connectivity index (χ2n) is 8.37. The summed E-state index contributed by atoms with van der Waals surface area (Å²) in [6, 6.07) is 30.8. The molecular formula is C29H27NO5S. The number of carboxylic acid groups (broad SMARTS) is 1. The van der Waals surface area contributed by atoms with Crippen LogP contribution in [0.3, 0.4) is 0 Å². The molecule has 7 heteroatoms. The summed E-state index contributed by atoms with van der Waals surface area (Å²) >= 11 is 0. The molecule has 184 valence electrons. The Labute approximate surface area is 210 Å². The smallest absolute Gasteiger partial charge is 0.364 e. The normalized spacial score (nSPS) is 13.0. The highest BCUT2D eigenvalue weighted by molar-refractivity contribution is 7.92. The SMILES string of the molecule is CCCC(NS(=O)(=O)C=C(c1ccccc1)c1ccccc1)(Oc1cccc2ccccc12)C(=O)O. The fraction of sp³-hybridized carbons (Fsp3) is 0.138. The van der Waals surface area contributed by atoms with E-state index >= 15 is 0 Å². The molecule has 0 saturated heterocycles. The van der Waals surface area contributed by atoms with Gasteiger partial charge in [0.15, 0.2) is 0 Å². The van der Waals surface area contributed by atoms with Crippen molar-refractivity contribution < 1.29 is 23.1 Å². The first-order chi connectivity index (χ1) is 17.3. The van der Waals surface area contributed by atoms with Crippen LogP contribution in [0.2, 0.25) is 0 Å². The number of nitrogens with one attached hydrogen (secondary N) is 1. The summed E-state index contributed by atoms with van der Waals surface area (Å²) in [4.78, 5) is 12.6. The van der Waals surface area contributed by atoms with Crippen molar-refractivity contribution in [2.75, 3.05) is 0 Å². The van der Waals surface area contributed by atoms with Gasteiger partial charge in [-0.25, -0.2) is 13.2 Å². The largest absolute Gasteiger partial charge is 0.477 e. The fourth-order valence-electron chi connectivity index (χ4n) is 4.09. The van der Waals surface area contributed by atoms with E-state index in [1.807, 2.05) is 60.7 Å². The van der Waals surface area contributed by atoms with Crippen molar-refractivity contribution in [3.8, 4) is 5.75 Å². The lowest BCUT2D eigenvalue weighted by atomic mass is 10.00. The molecule has 0 radical (unpaired) electrons. The molecule has 0 aliphatic carbocycles. The summed E-state index contributed by atoms with van der Waals surface area (Å²) in [6.07, 6.45) is 0.290. The van der Waals surface area contributed by atoms with Crippen molar-refractivity contribution in [1.29, 1.82) is 0 Å². The molecule has 0 bridgehead atoms. The maximum Gasteiger partial charge on any atom is 0.364 e. The maximum absolute atomic E-state index is 13.5. The monoisotopic (exact) mass is 501 g/mol. The molecule has 4 aromatic carbocycles. The lowest BCUT2D eigenvalue weighted by Crippen LogP contribution is -2.58. The van der Waals surface area contributed by atoms with Crippen LogP contribution in [0.5, 0.6) is 5.75 Å². The Hall–Kier alpha value is -3.94. The molecule has 0 amide bonds. The number of carboxylic acids is 1. The van der Waals surface area contributed by atoms with Crippen molar-refractivity contribution in [3.63, 3.8) is 0 Å². The van der Waals surface area contributed by atoms with E-state index in [2.05, 4.69) is 4.72 Å². The van der Waals surface area contributed by atoms with Crippen LogP contribution in [0.1, 0.15) is 30.9 Å². The summed E-state index contributed by atoms with van der Waals surface area (Å²) in [5.41, 5.74) is -0.405. The number of fused-ring (bicyclic) bond motifs is 1. The average Bonchev–Trinajstić information content (AvgIpc) is 2.88. The first-order valence-corrected chi connectivity index (χ1v) is 13.1. The quantitative estimate of drug-likeness (QED) is 0.268. The van der Waals surface area contributed by atoms with Crippen LogP contribution in [0.25, 0.3) is 16.3 Å². The number of hydrogen-bond acceptors (Lipinski definition) is 4. The predicted molar refractivity (Wildman–Crippen MR) is 142 cm³/mol. The molecule has 0 saturated carbocycles. The van der Waals surface area contributed by atoms with Crippen molar-refractivity contribution in [3.05, 3.63) is 120 Å². The molecule has 2 N–H and O–H groups in total. The zero-order chi connectivity index (χ0) is 25.6. The molecule has 4 rings (SSSR count). The van der Waals surface area contributed by atoms with Gasteiger partial charge < -0.3 is 9.84 Å². The molecule has 4 aromatic rings. The highest BCUT2D eigenvalue weighted by Gasteiger charge is 2.44. The molecule has 0 aromatic heterocycles. The van der Waals surface area contributed by atoms with Gasteiger partial charge in [-0.3, -0.25) is 0 Å². The number of hydrogen-bond donors (Lipinski definition) is 2. The van der Waals surface area contributed by atoms with Gasteiger partial charge in [0, 0.05) is 17.4 Å². The highest BCUT2D eigenvalue weighted by Crippen LogP contribution is 2.31. The lowest BCUT2D eigenvalue weighted by Gasteiger charge is -2.31. The number of aliphatic carboxylic acids is 1.